The van der Waals surface area contributed by atoms with E-state index in [1.807, 2.05) is 24.3 Å². The van der Waals surface area contributed by atoms with E-state index < -0.39 is 11.9 Å². The van der Waals surface area contributed by atoms with Crippen LogP contribution in [0.1, 0.15) is 27.5 Å². The Morgan fingerprint density at radius 3 is 2.66 bits per heavy atom. The Bertz CT molecular complexity index is 1360. The van der Waals surface area contributed by atoms with Crippen LogP contribution in [0.4, 0.5) is 4.39 Å². The Kier molecular flexibility index (Phi) is 4.00. The molecule has 0 fully saturated rings. The van der Waals surface area contributed by atoms with Gasteiger partial charge in [-0.3, -0.25) is 14.2 Å². The normalized spacial score (nSPS) is 15.4. The highest BCUT2D eigenvalue weighted by molar-refractivity contribution is 6.31. The number of halogens is 2. The molecule has 142 valence electrons. The van der Waals surface area contributed by atoms with Gasteiger partial charge in [0.05, 0.1) is 11.7 Å². The molecular weight excluding hydrogens is 391 g/mol. The molecule has 1 atom stereocenters. The number of nitrogens with zero attached hydrogens (tertiary/aromatic N) is 1. The molecule has 4 nitrogen and oxygen atoms in total. The minimum atomic E-state index is -0.657. The van der Waals surface area contributed by atoms with Crippen LogP contribution in [0.25, 0.3) is 16.5 Å². The lowest BCUT2D eigenvalue weighted by Gasteiger charge is -2.18. The van der Waals surface area contributed by atoms with Crippen LogP contribution in [0.3, 0.4) is 0 Å². The molecule has 6 heteroatoms. The average molecular weight is 405 g/mol. The number of pyridine rings is 1. The quantitative estimate of drug-likeness (QED) is 0.530. The van der Waals surface area contributed by atoms with Gasteiger partial charge in [-0.05, 0) is 47.9 Å². The molecule has 0 radical (unpaired) electrons. The molecule has 0 spiro atoms. The molecule has 0 aliphatic carbocycles. The summed E-state index contributed by atoms with van der Waals surface area (Å²) < 4.78 is 15.4. The van der Waals surface area contributed by atoms with Crippen molar-refractivity contribution in [3.8, 4) is 5.69 Å². The highest BCUT2D eigenvalue weighted by atomic mass is 35.5. The van der Waals surface area contributed by atoms with E-state index >= 15 is 0 Å². The number of fused-ring (bicyclic) bond motifs is 2. The van der Waals surface area contributed by atoms with Gasteiger partial charge in [0, 0.05) is 33.3 Å². The second-order valence-electron chi connectivity index (χ2n) is 6.89. The number of benzene rings is 3. The van der Waals surface area contributed by atoms with E-state index in [0.29, 0.717) is 32.8 Å². The zero-order chi connectivity index (χ0) is 20.1. The highest BCUT2D eigenvalue weighted by Gasteiger charge is 2.34. The van der Waals surface area contributed by atoms with Crippen molar-refractivity contribution in [2.75, 3.05) is 0 Å². The van der Waals surface area contributed by atoms with E-state index in [-0.39, 0.29) is 11.5 Å². The van der Waals surface area contributed by atoms with Crippen LogP contribution in [0, 0.1) is 5.82 Å². The van der Waals surface area contributed by atoms with Crippen molar-refractivity contribution in [3.05, 3.63) is 111 Å². The van der Waals surface area contributed by atoms with Crippen LogP contribution in [0.5, 0.6) is 0 Å². The number of hydrogen-bond donors (Lipinski definition) is 1. The van der Waals surface area contributed by atoms with Crippen LogP contribution < -0.4 is 10.9 Å². The maximum Gasteiger partial charge on any atom is 0.262 e. The van der Waals surface area contributed by atoms with Crippen molar-refractivity contribution < 1.29 is 9.18 Å². The fraction of sp³-hybridized carbons (Fsp3) is 0.0435. The Balaban J connectivity index is 1.78. The van der Waals surface area contributed by atoms with Gasteiger partial charge in [-0.25, -0.2) is 4.39 Å². The van der Waals surface area contributed by atoms with Gasteiger partial charge >= 0.3 is 0 Å². The van der Waals surface area contributed by atoms with Crippen molar-refractivity contribution >= 4 is 28.3 Å². The molecule has 4 aromatic rings. The predicted molar refractivity (Wildman–Crippen MR) is 110 cm³/mol. The molecular formula is C23H14ClFN2O2. The predicted octanol–water partition coefficient (Wildman–Crippen LogP) is 4.62. The Morgan fingerprint density at radius 1 is 0.966 bits per heavy atom. The average Bonchev–Trinajstić information content (AvgIpc) is 3.07. The summed E-state index contributed by atoms with van der Waals surface area (Å²) in [6, 6.07) is 17.7. The lowest BCUT2D eigenvalue weighted by molar-refractivity contribution is 0.0960. The number of nitrogens with one attached hydrogen (secondary N) is 1. The van der Waals surface area contributed by atoms with E-state index in [0.717, 1.165) is 5.39 Å². The van der Waals surface area contributed by atoms with E-state index in [2.05, 4.69) is 5.32 Å². The molecule has 1 aliphatic rings. The third kappa shape index (κ3) is 2.74. The second kappa shape index (κ2) is 6.57. The van der Waals surface area contributed by atoms with Gasteiger partial charge in [-0.1, -0.05) is 35.9 Å². The molecule has 1 N–H and O–H groups in total. The third-order valence-electron chi connectivity index (χ3n) is 5.23. The summed E-state index contributed by atoms with van der Waals surface area (Å²) in [6.45, 7) is 0. The van der Waals surface area contributed by atoms with Crippen LogP contribution in [-0.4, -0.2) is 10.5 Å². The summed E-state index contributed by atoms with van der Waals surface area (Å²) in [4.78, 5) is 25.7. The third-order valence-corrected chi connectivity index (χ3v) is 5.58. The van der Waals surface area contributed by atoms with E-state index in [4.69, 9.17) is 11.6 Å². The van der Waals surface area contributed by atoms with Gasteiger partial charge in [0.2, 0.25) is 0 Å². The standard InChI is InChI=1S/C23H14ClFN2O2/c24-18-9-8-14(25)12-17(18)21-20-16(22(28)26-21)6-3-7-19(20)27-11-10-13-4-1-2-5-15(13)23(27)29/h1-12,21H,(H,26,28). The summed E-state index contributed by atoms with van der Waals surface area (Å²) in [5.74, 6) is -0.742. The maximum atomic E-state index is 13.9. The first-order valence-electron chi connectivity index (χ1n) is 9.04. The monoisotopic (exact) mass is 404 g/mol. The molecule has 1 amide bonds. The first-order valence-corrected chi connectivity index (χ1v) is 9.42. The van der Waals surface area contributed by atoms with Crippen molar-refractivity contribution in [1.82, 2.24) is 9.88 Å². The fourth-order valence-electron chi connectivity index (χ4n) is 3.89. The van der Waals surface area contributed by atoms with Crippen LogP contribution in [0.15, 0.2) is 77.7 Å². The summed E-state index contributed by atoms with van der Waals surface area (Å²) in [5, 5.41) is 4.61. The zero-order valence-corrected chi connectivity index (χ0v) is 15.8. The highest BCUT2D eigenvalue weighted by Crippen LogP contribution is 2.38. The van der Waals surface area contributed by atoms with Gasteiger partial charge in [0.15, 0.2) is 0 Å². The Labute approximate surface area is 170 Å². The summed E-state index contributed by atoms with van der Waals surface area (Å²) >= 11 is 6.31. The topological polar surface area (TPSA) is 51.1 Å². The first kappa shape index (κ1) is 17.6. The Morgan fingerprint density at radius 2 is 1.79 bits per heavy atom. The van der Waals surface area contributed by atoms with Crippen molar-refractivity contribution in [2.45, 2.75) is 6.04 Å². The van der Waals surface area contributed by atoms with Crippen molar-refractivity contribution in [1.29, 1.82) is 0 Å². The van der Waals surface area contributed by atoms with Gasteiger partial charge in [-0.2, -0.15) is 0 Å². The number of rotatable bonds is 2. The Hall–Kier alpha value is -3.44. The van der Waals surface area contributed by atoms with Crippen molar-refractivity contribution in [2.24, 2.45) is 0 Å². The van der Waals surface area contributed by atoms with Gasteiger partial charge in [0.25, 0.3) is 11.5 Å². The first-order chi connectivity index (χ1) is 14.0. The molecule has 0 bridgehead atoms. The summed E-state index contributed by atoms with van der Waals surface area (Å²) in [6.07, 6.45) is 1.69. The molecule has 5 rings (SSSR count). The van der Waals surface area contributed by atoms with Gasteiger partial charge < -0.3 is 5.32 Å². The number of carbonyl (C=O) groups excluding carboxylic acids is 1. The number of hydrogen-bond acceptors (Lipinski definition) is 2. The van der Waals surface area contributed by atoms with Crippen LogP contribution >= 0.6 is 11.6 Å². The lowest BCUT2D eigenvalue weighted by atomic mass is 9.96. The molecule has 1 aliphatic heterocycles. The minimum absolute atomic E-state index is 0.195. The van der Waals surface area contributed by atoms with E-state index in [1.54, 1.807) is 30.5 Å². The SMILES string of the molecule is O=C1NC(c2cc(F)ccc2Cl)c2c1cccc2-n1ccc2ccccc2c1=O. The maximum absolute atomic E-state index is 13.9. The number of carbonyl (C=O) groups is 1. The molecule has 1 unspecified atom stereocenters. The van der Waals surface area contributed by atoms with E-state index in [1.165, 1.54) is 22.8 Å². The molecule has 0 saturated heterocycles. The number of amides is 1. The fourth-order valence-corrected chi connectivity index (χ4v) is 4.12. The molecule has 29 heavy (non-hydrogen) atoms. The van der Waals surface area contributed by atoms with Gasteiger partial charge in [-0.15, -0.1) is 0 Å². The molecule has 0 saturated carbocycles. The number of aromatic nitrogens is 1. The largest absolute Gasteiger partial charge is 0.341 e. The smallest absolute Gasteiger partial charge is 0.262 e. The van der Waals surface area contributed by atoms with E-state index in [9.17, 15) is 14.0 Å². The van der Waals surface area contributed by atoms with Gasteiger partial charge in [0.1, 0.15) is 5.82 Å². The zero-order valence-electron chi connectivity index (χ0n) is 15.0. The lowest BCUT2D eigenvalue weighted by Crippen LogP contribution is -2.22. The molecule has 3 aromatic carbocycles. The summed E-state index contributed by atoms with van der Waals surface area (Å²) in [5.41, 5.74) is 1.84. The molecule has 2 heterocycles. The minimum Gasteiger partial charge on any atom is -0.341 e. The van der Waals surface area contributed by atoms with Crippen molar-refractivity contribution in [3.63, 3.8) is 0 Å². The molecule has 1 aromatic heterocycles. The second-order valence-corrected chi connectivity index (χ2v) is 7.30. The summed E-state index contributed by atoms with van der Waals surface area (Å²) in [7, 11) is 0. The van der Waals surface area contributed by atoms with Crippen LogP contribution in [-0.2, 0) is 0 Å². The van der Waals surface area contributed by atoms with Crippen LogP contribution in [0.2, 0.25) is 5.02 Å².